The SMILES string of the molecule is CN=C(NCc1ccc(N2CCNC(=O)C2)cc1)NCc1ccccc1Cn1cccn1. The number of hydrogen-bond acceptors (Lipinski definition) is 4. The van der Waals surface area contributed by atoms with Gasteiger partial charge in [-0.1, -0.05) is 36.4 Å². The fraction of sp³-hybridized carbons (Fsp3) is 0.292. The summed E-state index contributed by atoms with van der Waals surface area (Å²) in [4.78, 5) is 18.0. The van der Waals surface area contributed by atoms with Crippen LogP contribution in [0.4, 0.5) is 5.69 Å². The van der Waals surface area contributed by atoms with Crippen LogP contribution in [0.1, 0.15) is 16.7 Å². The van der Waals surface area contributed by atoms with Gasteiger partial charge in [-0.05, 0) is 34.9 Å². The van der Waals surface area contributed by atoms with Crippen LogP contribution in [0, 0.1) is 0 Å². The molecular formula is C24H29N7O. The predicted molar refractivity (Wildman–Crippen MR) is 126 cm³/mol. The van der Waals surface area contributed by atoms with E-state index in [1.54, 1.807) is 13.2 Å². The Morgan fingerprint density at radius 1 is 1.06 bits per heavy atom. The van der Waals surface area contributed by atoms with Gasteiger partial charge in [-0.25, -0.2) is 0 Å². The molecule has 0 unspecified atom stereocenters. The lowest BCUT2D eigenvalue weighted by Crippen LogP contribution is -2.47. The Labute approximate surface area is 188 Å². The van der Waals surface area contributed by atoms with Gasteiger partial charge in [0.25, 0.3) is 0 Å². The summed E-state index contributed by atoms with van der Waals surface area (Å²) in [5.41, 5.74) is 4.65. The molecule has 32 heavy (non-hydrogen) atoms. The first-order chi connectivity index (χ1) is 15.7. The Morgan fingerprint density at radius 3 is 2.56 bits per heavy atom. The molecule has 1 aliphatic heterocycles. The second-order valence-electron chi connectivity index (χ2n) is 7.69. The van der Waals surface area contributed by atoms with Crippen molar-refractivity contribution in [3.63, 3.8) is 0 Å². The summed E-state index contributed by atoms with van der Waals surface area (Å²) in [5.74, 6) is 0.818. The monoisotopic (exact) mass is 431 g/mol. The molecule has 3 aromatic rings. The minimum absolute atomic E-state index is 0.0723. The fourth-order valence-electron chi connectivity index (χ4n) is 3.72. The van der Waals surface area contributed by atoms with E-state index >= 15 is 0 Å². The third-order valence-corrected chi connectivity index (χ3v) is 5.48. The van der Waals surface area contributed by atoms with Crippen molar-refractivity contribution in [1.29, 1.82) is 0 Å². The lowest BCUT2D eigenvalue weighted by Gasteiger charge is -2.28. The molecule has 1 saturated heterocycles. The molecule has 3 N–H and O–H groups in total. The third-order valence-electron chi connectivity index (χ3n) is 5.48. The number of hydrogen-bond donors (Lipinski definition) is 3. The molecule has 8 heteroatoms. The van der Waals surface area contributed by atoms with Crippen LogP contribution < -0.4 is 20.9 Å². The second kappa shape index (κ2) is 10.5. The molecular weight excluding hydrogens is 402 g/mol. The van der Waals surface area contributed by atoms with Gasteiger partial charge in [0, 0.05) is 51.3 Å². The van der Waals surface area contributed by atoms with E-state index in [9.17, 15) is 4.79 Å². The van der Waals surface area contributed by atoms with E-state index in [4.69, 9.17) is 0 Å². The standard InChI is InChI=1S/C24H29N7O/c1-25-24(28-16-20-5-2-3-6-21(20)17-31-13-4-11-29-31)27-15-19-7-9-22(10-8-19)30-14-12-26-23(32)18-30/h2-11,13H,12,14-18H2,1H3,(H,26,32)(H2,25,27,28). The molecule has 0 atom stereocenters. The van der Waals surface area contributed by atoms with Crippen molar-refractivity contribution in [3.05, 3.63) is 83.7 Å². The summed E-state index contributed by atoms with van der Waals surface area (Å²) in [5, 5.41) is 13.9. The molecule has 2 aromatic carbocycles. The summed E-state index contributed by atoms with van der Waals surface area (Å²) in [6, 6.07) is 18.6. The van der Waals surface area contributed by atoms with Crippen LogP contribution in [0.25, 0.3) is 0 Å². The van der Waals surface area contributed by atoms with Gasteiger partial charge < -0.3 is 20.9 Å². The van der Waals surface area contributed by atoms with Crippen LogP contribution >= 0.6 is 0 Å². The maximum absolute atomic E-state index is 11.6. The van der Waals surface area contributed by atoms with Gasteiger partial charge in [0.2, 0.25) is 5.91 Å². The summed E-state index contributed by atoms with van der Waals surface area (Å²) >= 11 is 0. The second-order valence-corrected chi connectivity index (χ2v) is 7.69. The van der Waals surface area contributed by atoms with Crippen LogP contribution in [-0.4, -0.2) is 48.3 Å². The zero-order valence-corrected chi connectivity index (χ0v) is 18.3. The number of aliphatic imine (C=N–C) groups is 1. The number of piperazine rings is 1. The topological polar surface area (TPSA) is 86.6 Å². The summed E-state index contributed by atoms with van der Waals surface area (Å²) in [6.07, 6.45) is 3.76. The molecule has 0 bridgehead atoms. The molecule has 2 heterocycles. The third kappa shape index (κ3) is 5.66. The molecule has 8 nitrogen and oxygen atoms in total. The van der Waals surface area contributed by atoms with E-state index in [1.165, 1.54) is 11.1 Å². The number of benzene rings is 2. The van der Waals surface area contributed by atoms with E-state index in [0.29, 0.717) is 26.2 Å². The number of carbonyl (C=O) groups excluding carboxylic acids is 1. The van der Waals surface area contributed by atoms with Gasteiger partial charge in [-0.15, -0.1) is 0 Å². The first-order valence-corrected chi connectivity index (χ1v) is 10.8. The number of guanidine groups is 1. The highest BCUT2D eigenvalue weighted by Gasteiger charge is 2.16. The summed E-state index contributed by atoms with van der Waals surface area (Å²) in [6.45, 7) is 4.01. The molecule has 166 valence electrons. The first kappa shape index (κ1) is 21.4. The number of carbonyl (C=O) groups is 1. The van der Waals surface area contributed by atoms with E-state index < -0.39 is 0 Å². The molecule has 1 fully saturated rings. The minimum Gasteiger partial charge on any atom is -0.360 e. The highest BCUT2D eigenvalue weighted by molar-refractivity contribution is 5.82. The molecule has 0 aliphatic carbocycles. The number of aromatic nitrogens is 2. The Morgan fingerprint density at radius 2 is 1.84 bits per heavy atom. The average molecular weight is 432 g/mol. The maximum Gasteiger partial charge on any atom is 0.239 e. The molecule has 1 aromatic heterocycles. The molecule has 1 aliphatic rings. The fourth-order valence-corrected chi connectivity index (χ4v) is 3.72. The van der Waals surface area contributed by atoms with Crippen molar-refractivity contribution in [2.45, 2.75) is 19.6 Å². The van der Waals surface area contributed by atoms with Crippen LogP contribution in [0.3, 0.4) is 0 Å². The minimum atomic E-state index is 0.0723. The lowest BCUT2D eigenvalue weighted by atomic mass is 10.1. The molecule has 0 saturated carbocycles. The Balaban J connectivity index is 1.30. The smallest absolute Gasteiger partial charge is 0.239 e. The highest BCUT2D eigenvalue weighted by Crippen LogP contribution is 2.16. The van der Waals surface area contributed by atoms with Gasteiger partial charge in [0.05, 0.1) is 13.1 Å². The van der Waals surface area contributed by atoms with Crippen LogP contribution in [-0.2, 0) is 24.4 Å². The maximum atomic E-state index is 11.6. The molecule has 1 amide bonds. The van der Waals surface area contributed by atoms with Crippen molar-refractivity contribution in [1.82, 2.24) is 25.7 Å². The van der Waals surface area contributed by atoms with Crippen molar-refractivity contribution < 1.29 is 4.79 Å². The van der Waals surface area contributed by atoms with Crippen LogP contribution in [0.15, 0.2) is 72.0 Å². The van der Waals surface area contributed by atoms with Gasteiger partial charge in [0.1, 0.15) is 0 Å². The van der Waals surface area contributed by atoms with Gasteiger partial charge >= 0.3 is 0 Å². The average Bonchev–Trinajstić information content (AvgIpc) is 3.34. The zero-order valence-electron chi connectivity index (χ0n) is 18.3. The first-order valence-electron chi connectivity index (χ1n) is 10.8. The van der Waals surface area contributed by atoms with Gasteiger partial charge in [-0.2, -0.15) is 5.10 Å². The predicted octanol–water partition coefficient (Wildman–Crippen LogP) is 1.73. The van der Waals surface area contributed by atoms with E-state index in [2.05, 4.69) is 73.4 Å². The van der Waals surface area contributed by atoms with Gasteiger partial charge in [0.15, 0.2) is 5.96 Å². The number of nitrogens with zero attached hydrogens (tertiary/aromatic N) is 4. The zero-order chi connectivity index (χ0) is 22.2. The normalized spacial score (nSPS) is 14.2. The van der Waals surface area contributed by atoms with Gasteiger partial charge in [-0.3, -0.25) is 14.5 Å². The number of nitrogens with one attached hydrogen (secondary N) is 3. The van der Waals surface area contributed by atoms with Crippen LogP contribution in [0.2, 0.25) is 0 Å². The van der Waals surface area contributed by atoms with Crippen molar-refractivity contribution in [2.75, 3.05) is 31.6 Å². The van der Waals surface area contributed by atoms with Crippen LogP contribution in [0.5, 0.6) is 0 Å². The van der Waals surface area contributed by atoms with E-state index in [0.717, 1.165) is 30.3 Å². The molecule has 0 radical (unpaired) electrons. The quantitative estimate of drug-likeness (QED) is 0.392. The number of amides is 1. The Bertz CT molecular complexity index is 1040. The highest BCUT2D eigenvalue weighted by atomic mass is 16.2. The summed E-state index contributed by atoms with van der Waals surface area (Å²) < 4.78 is 1.92. The largest absolute Gasteiger partial charge is 0.360 e. The van der Waals surface area contributed by atoms with E-state index in [1.807, 2.05) is 23.0 Å². The number of anilines is 1. The Kier molecular flexibility index (Phi) is 7.01. The van der Waals surface area contributed by atoms with Crippen molar-refractivity contribution >= 4 is 17.6 Å². The Hall–Kier alpha value is -3.81. The number of rotatable bonds is 7. The van der Waals surface area contributed by atoms with Crippen molar-refractivity contribution in [3.8, 4) is 0 Å². The summed E-state index contributed by atoms with van der Waals surface area (Å²) in [7, 11) is 1.77. The van der Waals surface area contributed by atoms with E-state index in [-0.39, 0.29) is 5.91 Å². The lowest BCUT2D eigenvalue weighted by molar-refractivity contribution is -0.120. The molecule has 4 rings (SSSR count). The molecule has 0 spiro atoms. The van der Waals surface area contributed by atoms with Crippen molar-refractivity contribution in [2.24, 2.45) is 4.99 Å².